The van der Waals surface area contributed by atoms with E-state index in [4.69, 9.17) is 9.84 Å². The molecule has 0 atom stereocenters. The van der Waals surface area contributed by atoms with Gasteiger partial charge in [-0.05, 0) is 56.6 Å². The summed E-state index contributed by atoms with van der Waals surface area (Å²) in [6.45, 7) is 5.50. The Kier molecular flexibility index (Phi) is 7.37. The molecule has 0 bridgehead atoms. The molecule has 5 nitrogen and oxygen atoms in total. The number of carbonyl (C=O) groups is 1. The van der Waals surface area contributed by atoms with Crippen LogP contribution >= 0.6 is 0 Å². The standard InChI is InChI=1S/C19H30N2O3/c1-3-10-24-18-11-14(2)4-7-16(18)12-20-19(23)21-17-8-5-15(13-22)6-9-17/h4,7,11,15,17,22H,3,5-6,8-10,12-13H2,1-2H3,(H2,20,21,23). The van der Waals surface area contributed by atoms with Crippen molar-refractivity contribution < 1.29 is 14.6 Å². The number of rotatable bonds is 7. The SMILES string of the molecule is CCCOc1cc(C)ccc1CNC(=O)NC1CCC(CO)CC1. The second-order valence-electron chi connectivity index (χ2n) is 6.69. The summed E-state index contributed by atoms with van der Waals surface area (Å²) in [6, 6.07) is 6.13. The van der Waals surface area contributed by atoms with Crippen molar-refractivity contribution in [2.75, 3.05) is 13.2 Å². The van der Waals surface area contributed by atoms with Gasteiger partial charge in [-0.2, -0.15) is 0 Å². The molecule has 24 heavy (non-hydrogen) atoms. The number of urea groups is 1. The summed E-state index contributed by atoms with van der Waals surface area (Å²) < 4.78 is 5.78. The van der Waals surface area contributed by atoms with Crippen LogP contribution in [0.3, 0.4) is 0 Å². The third-order valence-electron chi connectivity index (χ3n) is 4.56. The van der Waals surface area contributed by atoms with Crippen LogP contribution in [0.25, 0.3) is 0 Å². The van der Waals surface area contributed by atoms with Crippen molar-refractivity contribution in [1.29, 1.82) is 0 Å². The van der Waals surface area contributed by atoms with Gasteiger partial charge in [0.2, 0.25) is 0 Å². The molecule has 1 aliphatic carbocycles. The van der Waals surface area contributed by atoms with Crippen LogP contribution in [0.5, 0.6) is 5.75 Å². The number of benzene rings is 1. The molecule has 2 rings (SSSR count). The molecule has 1 aliphatic rings. The average Bonchev–Trinajstić information content (AvgIpc) is 2.59. The zero-order chi connectivity index (χ0) is 17.4. The first kappa shape index (κ1) is 18.6. The molecule has 0 aromatic heterocycles. The van der Waals surface area contributed by atoms with Crippen molar-refractivity contribution in [3.63, 3.8) is 0 Å². The molecule has 2 amide bonds. The summed E-state index contributed by atoms with van der Waals surface area (Å²) in [6.07, 6.45) is 4.79. The second-order valence-corrected chi connectivity index (χ2v) is 6.69. The second kappa shape index (κ2) is 9.52. The molecule has 0 spiro atoms. The van der Waals surface area contributed by atoms with E-state index in [1.807, 2.05) is 25.1 Å². The van der Waals surface area contributed by atoms with Gasteiger partial charge in [-0.15, -0.1) is 0 Å². The van der Waals surface area contributed by atoms with Gasteiger partial charge >= 0.3 is 6.03 Å². The number of aryl methyl sites for hydroxylation is 1. The maximum atomic E-state index is 12.1. The first-order valence-electron chi connectivity index (χ1n) is 9.00. The van der Waals surface area contributed by atoms with Crippen LogP contribution in [-0.4, -0.2) is 30.4 Å². The summed E-state index contributed by atoms with van der Waals surface area (Å²) in [5.74, 6) is 1.25. The average molecular weight is 334 g/mol. The van der Waals surface area contributed by atoms with Crippen molar-refractivity contribution in [3.05, 3.63) is 29.3 Å². The van der Waals surface area contributed by atoms with E-state index in [1.54, 1.807) is 0 Å². The van der Waals surface area contributed by atoms with Crippen molar-refractivity contribution in [1.82, 2.24) is 10.6 Å². The lowest BCUT2D eigenvalue weighted by Crippen LogP contribution is -2.43. The molecule has 134 valence electrons. The van der Waals surface area contributed by atoms with Crippen molar-refractivity contribution in [2.45, 2.75) is 58.5 Å². The number of aliphatic hydroxyl groups is 1. The molecular weight excluding hydrogens is 304 g/mol. The van der Waals surface area contributed by atoms with Gasteiger partial charge in [0.1, 0.15) is 5.75 Å². The molecule has 0 heterocycles. The minimum absolute atomic E-state index is 0.135. The highest BCUT2D eigenvalue weighted by Gasteiger charge is 2.21. The Balaban J connectivity index is 1.81. The van der Waals surface area contributed by atoms with Crippen LogP contribution in [0, 0.1) is 12.8 Å². The summed E-state index contributed by atoms with van der Waals surface area (Å²) in [7, 11) is 0. The van der Waals surface area contributed by atoms with Crippen LogP contribution in [0.4, 0.5) is 4.79 Å². The fourth-order valence-electron chi connectivity index (χ4n) is 3.06. The van der Waals surface area contributed by atoms with E-state index in [-0.39, 0.29) is 18.7 Å². The van der Waals surface area contributed by atoms with Crippen LogP contribution in [-0.2, 0) is 6.54 Å². The Morgan fingerprint density at radius 2 is 2.04 bits per heavy atom. The molecular formula is C19H30N2O3. The zero-order valence-corrected chi connectivity index (χ0v) is 14.8. The Morgan fingerprint density at radius 1 is 1.29 bits per heavy atom. The monoisotopic (exact) mass is 334 g/mol. The van der Waals surface area contributed by atoms with Crippen molar-refractivity contribution in [2.24, 2.45) is 5.92 Å². The third-order valence-corrected chi connectivity index (χ3v) is 4.56. The predicted molar refractivity (Wildman–Crippen MR) is 95.2 cm³/mol. The zero-order valence-electron chi connectivity index (χ0n) is 14.8. The molecule has 5 heteroatoms. The number of aliphatic hydroxyl groups excluding tert-OH is 1. The minimum atomic E-state index is -0.135. The number of hydrogen-bond donors (Lipinski definition) is 3. The molecule has 0 radical (unpaired) electrons. The fraction of sp³-hybridized carbons (Fsp3) is 0.632. The van der Waals surface area contributed by atoms with E-state index >= 15 is 0 Å². The van der Waals surface area contributed by atoms with Gasteiger partial charge in [0.25, 0.3) is 0 Å². The van der Waals surface area contributed by atoms with Crippen molar-refractivity contribution >= 4 is 6.03 Å². The van der Waals surface area contributed by atoms with Gasteiger partial charge in [0.15, 0.2) is 0 Å². The molecule has 1 fully saturated rings. The molecule has 3 N–H and O–H groups in total. The number of hydrogen-bond acceptors (Lipinski definition) is 3. The lowest BCUT2D eigenvalue weighted by Gasteiger charge is -2.28. The Labute approximate surface area is 144 Å². The largest absolute Gasteiger partial charge is 0.493 e. The summed E-state index contributed by atoms with van der Waals surface area (Å²) in [4.78, 5) is 12.1. The highest BCUT2D eigenvalue weighted by molar-refractivity contribution is 5.74. The first-order valence-corrected chi connectivity index (χ1v) is 9.00. The summed E-state index contributed by atoms with van der Waals surface area (Å²) in [5.41, 5.74) is 2.14. The number of ether oxygens (including phenoxy) is 1. The minimum Gasteiger partial charge on any atom is -0.493 e. The van der Waals surface area contributed by atoms with Gasteiger partial charge in [0.05, 0.1) is 6.61 Å². The smallest absolute Gasteiger partial charge is 0.315 e. The molecule has 1 aromatic rings. The van der Waals surface area contributed by atoms with Crippen molar-refractivity contribution in [3.8, 4) is 5.75 Å². The predicted octanol–water partition coefficient (Wildman–Crippen LogP) is 3.13. The van der Waals surface area contributed by atoms with E-state index in [0.717, 1.165) is 49.0 Å². The third kappa shape index (κ3) is 5.71. The maximum absolute atomic E-state index is 12.1. The van der Waals surface area contributed by atoms with Crippen LogP contribution in [0.2, 0.25) is 0 Å². The van der Waals surface area contributed by atoms with E-state index in [1.165, 1.54) is 0 Å². The van der Waals surface area contributed by atoms with Crippen LogP contribution < -0.4 is 15.4 Å². The lowest BCUT2D eigenvalue weighted by atomic mass is 9.87. The van der Waals surface area contributed by atoms with Gasteiger partial charge in [-0.25, -0.2) is 4.79 Å². The molecule has 0 saturated heterocycles. The van der Waals surface area contributed by atoms with E-state index in [2.05, 4.69) is 17.6 Å². The van der Waals surface area contributed by atoms with E-state index in [0.29, 0.717) is 19.1 Å². The van der Waals surface area contributed by atoms with E-state index in [9.17, 15) is 4.79 Å². The van der Waals surface area contributed by atoms with E-state index < -0.39 is 0 Å². The van der Waals surface area contributed by atoms with Gasteiger partial charge in [0, 0.05) is 24.8 Å². The number of carbonyl (C=O) groups excluding carboxylic acids is 1. The van der Waals surface area contributed by atoms with Gasteiger partial charge < -0.3 is 20.5 Å². The highest BCUT2D eigenvalue weighted by Crippen LogP contribution is 2.24. The molecule has 1 saturated carbocycles. The lowest BCUT2D eigenvalue weighted by molar-refractivity contribution is 0.174. The normalized spacial score (nSPS) is 20.5. The summed E-state index contributed by atoms with van der Waals surface area (Å²) in [5, 5.41) is 15.1. The molecule has 1 aromatic carbocycles. The highest BCUT2D eigenvalue weighted by atomic mass is 16.5. The number of nitrogens with one attached hydrogen (secondary N) is 2. The topological polar surface area (TPSA) is 70.6 Å². The Bertz CT molecular complexity index is 525. The van der Waals surface area contributed by atoms with Crippen LogP contribution in [0.1, 0.15) is 50.2 Å². The quantitative estimate of drug-likeness (QED) is 0.717. The Morgan fingerprint density at radius 3 is 2.71 bits per heavy atom. The Hall–Kier alpha value is -1.75. The number of amides is 2. The summed E-state index contributed by atoms with van der Waals surface area (Å²) >= 11 is 0. The van der Waals surface area contributed by atoms with Gasteiger partial charge in [-0.1, -0.05) is 19.1 Å². The fourth-order valence-corrected chi connectivity index (χ4v) is 3.06. The molecule has 0 aliphatic heterocycles. The van der Waals surface area contributed by atoms with Crippen LogP contribution in [0.15, 0.2) is 18.2 Å². The van der Waals surface area contributed by atoms with Gasteiger partial charge in [-0.3, -0.25) is 0 Å². The first-order chi connectivity index (χ1) is 11.6. The maximum Gasteiger partial charge on any atom is 0.315 e. The molecule has 0 unspecified atom stereocenters.